The molecule has 224 valence electrons. The number of H-pyrrole nitrogens is 1. The first kappa shape index (κ1) is 32.1. The molecule has 0 radical (unpaired) electrons. The maximum atomic E-state index is 13.1. The van der Waals surface area contributed by atoms with Crippen LogP contribution in [0.3, 0.4) is 0 Å². The molecule has 42 heavy (non-hydrogen) atoms. The van der Waals surface area contributed by atoms with E-state index < -0.39 is 38.3 Å². The number of para-hydroxylation sites is 1. The van der Waals surface area contributed by atoms with Gasteiger partial charge >= 0.3 is 0 Å². The number of nitrogens with one attached hydrogen (secondary N) is 3. The van der Waals surface area contributed by atoms with E-state index in [0.29, 0.717) is 41.3 Å². The molecule has 0 aliphatic heterocycles. The highest BCUT2D eigenvalue weighted by Gasteiger charge is 2.23. The lowest BCUT2D eigenvalue weighted by molar-refractivity contribution is 0.0976. The Morgan fingerprint density at radius 1 is 0.929 bits per heavy atom. The van der Waals surface area contributed by atoms with Crippen LogP contribution < -0.4 is 14.2 Å². The molecular weight excluding hydrogens is 645 g/mol. The Morgan fingerprint density at radius 2 is 1.62 bits per heavy atom. The molecule has 4 rings (SSSR count). The first-order chi connectivity index (χ1) is 19.8. The largest absolute Gasteiger partial charge is 0.494 e. The second kappa shape index (κ2) is 13.2. The van der Waals surface area contributed by atoms with Crippen LogP contribution in [-0.4, -0.2) is 46.6 Å². The van der Waals surface area contributed by atoms with Gasteiger partial charge in [0.25, 0.3) is 5.91 Å². The molecule has 0 saturated heterocycles. The molecule has 0 fully saturated rings. The van der Waals surface area contributed by atoms with Crippen LogP contribution in [0.15, 0.2) is 59.5 Å². The van der Waals surface area contributed by atoms with E-state index in [9.17, 15) is 21.6 Å². The molecule has 0 aliphatic rings. The summed E-state index contributed by atoms with van der Waals surface area (Å²) in [6.45, 7) is 3.68. The van der Waals surface area contributed by atoms with Crippen molar-refractivity contribution < 1.29 is 26.4 Å². The van der Waals surface area contributed by atoms with Gasteiger partial charge in [0, 0.05) is 22.5 Å². The molecule has 14 heteroatoms. The normalized spacial score (nSPS) is 12.0. The summed E-state index contributed by atoms with van der Waals surface area (Å²) in [6, 6.07) is 14.7. The van der Waals surface area contributed by atoms with Crippen molar-refractivity contribution in [3.05, 3.63) is 92.0 Å². The summed E-state index contributed by atoms with van der Waals surface area (Å²) in [5.41, 5.74) is 3.24. The van der Waals surface area contributed by atoms with Gasteiger partial charge in [-0.25, -0.2) is 26.3 Å². The second-order valence-corrected chi connectivity index (χ2v) is 14.4. The Morgan fingerprint density at radius 3 is 2.31 bits per heavy atom. The van der Waals surface area contributed by atoms with Crippen LogP contribution >= 0.6 is 34.8 Å². The fourth-order valence-electron chi connectivity index (χ4n) is 4.36. The molecule has 0 bridgehead atoms. The third-order valence-electron chi connectivity index (χ3n) is 6.40. The first-order valence-electron chi connectivity index (χ1n) is 12.8. The number of amides is 1. The number of hydrogen-bond acceptors (Lipinski definition) is 6. The first-order valence-corrected chi connectivity index (χ1v) is 17.0. The summed E-state index contributed by atoms with van der Waals surface area (Å²) in [4.78, 5) is 16.0. The van der Waals surface area contributed by atoms with E-state index in [-0.39, 0.29) is 20.6 Å². The molecule has 1 aromatic heterocycles. The number of fused-ring (bicyclic) bond motifs is 1. The molecule has 0 atom stereocenters. The molecule has 1 amide bonds. The Hall–Kier alpha value is -2.80. The van der Waals surface area contributed by atoms with Crippen LogP contribution in [0.4, 0.5) is 0 Å². The number of aryl methyl sites for hydroxylation is 3. The van der Waals surface area contributed by atoms with Gasteiger partial charge in [0.2, 0.25) is 20.0 Å². The predicted octanol–water partition coefficient (Wildman–Crippen LogP) is 5.79. The van der Waals surface area contributed by atoms with Crippen LogP contribution in [0, 0.1) is 13.8 Å². The minimum Gasteiger partial charge on any atom is -0.494 e. The average Bonchev–Trinajstić information content (AvgIpc) is 3.29. The molecule has 1 heterocycles. The van der Waals surface area contributed by atoms with Crippen molar-refractivity contribution in [2.45, 2.75) is 31.6 Å². The maximum Gasteiger partial charge on any atom is 0.281 e. The molecule has 0 unspecified atom stereocenters. The van der Waals surface area contributed by atoms with E-state index >= 15 is 0 Å². The summed E-state index contributed by atoms with van der Waals surface area (Å²) < 4.78 is 60.6. The highest BCUT2D eigenvalue weighted by molar-refractivity contribution is 7.90. The molecule has 9 nitrogen and oxygen atoms in total. The van der Waals surface area contributed by atoms with E-state index in [1.54, 1.807) is 12.1 Å². The zero-order valence-electron chi connectivity index (χ0n) is 22.6. The van der Waals surface area contributed by atoms with E-state index in [1.165, 1.54) is 12.1 Å². The van der Waals surface area contributed by atoms with Crippen molar-refractivity contribution in [2.75, 3.05) is 18.9 Å². The Balaban J connectivity index is 1.41. The Kier molecular flexibility index (Phi) is 10.1. The molecule has 0 saturated carbocycles. The fraction of sp³-hybridized carbons (Fsp3) is 0.250. The smallest absolute Gasteiger partial charge is 0.281 e. The number of aromatic amines is 1. The maximum absolute atomic E-state index is 13.1. The SMILES string of the molecule is Cc1cc(OCCCc2c(C(=O)NS(=O)(=O)CCNS(=O)(=O)c3ccc(Cl)c(Cl)c3)[nH]c3ccccc23)cc(C)c1Cl. The van der Waals surface area contributed by atoms with E-state index in [4.69, 9.17) is 39.5 Å². The van der Waals surface area contributed by atoms with Crippen molar-refractivity contribution in [3.8, 4) is 5.75 Å². The number of rotatable bonds is 12. The van der Waals surface area contributed by atoms with Gasteiger partial charge in [-0.05, 0) is 79.8 Å². The van der Waals surface area contributed by atoms with Crippen molar-refractivity contribution in [3.63, 3.8) is 0 Å². The van der Waals surface area contributed by atoms with E-state index in [1.807, 2.05) is 42.8 Å². The number of aromatic nitrogens is 1. The lowest BCUT2D eigenvalue weighted by atomic mass is 10.1. The zero-order valence-corrected chi connectivity index (χ0v) is 26.5. The number of benzene rings is 3. The Labute approximate surface area is 259 Å². The quantitative estimate of drug-likeness (QED) is 0.163. The molecule has 0 spiro atoms. The van der Waals surface area contributed by atoms with Crippen LogP contribution in [-0.2, 0) is 26.5 Å². The van der Waals surface area contributed by atoms with E-state index in [2.05, 4.69) is 9.71 Å². The van der Waals surface area contributed by atoms with Gasteiger partial charge in [0.15, 0.2) is 0 Å². The summed E-state index contributed by atoms with van der Waals surface area (Å²) in [6.07, 6.45) is 0.980. The van der Waals surface area contributed by atoms with Gasteiger partial charge < -0.3 is 9.72 Å². The number of halogens is 3. The van der Waals surface area contributed by atoms with Gasteiger partial charge in [-0.15, -0.1) is 0 Å². The molecule has 3 aromatic carbocycles. The van der Waals surface area contributed by atoms with Crippen molar-refractivity contribution in [1.82, 2.24) is 14.4 Å². The minimum atomic E-state index is -4.20. The molecular formula is C28H28Cl3N3O6S2. The number of ether oxygens (including phenoxy) is 1. The third-order valence-corrected chi connectivity index (χ3v) is 10.4. The third kappa shape index (κ3) is 7.77. The number of carbonyl (C=O) groups excluding carboxylic acids is 1. The minimum absolute atomic E-state index is 0.0373. The standard InChI is InChI=1S/C28H28Cl3N3O6S2/c1-17-14-19(15-18(2)26(17)31)40-12-5-7-22-21-6-3-4-8-25(21)33-27(22)28(35)34-41(36,37)13-11-32-42(38,39)20-9-10-23(29)24(30)16-20/h3-4,6,8-10,14-16,32-33H,5,7,11-13H2,1-2H3,(H,34,35). The summed E-state index contributed by atoms with van der Waals surface area (Å²) in [7, 11) is -8.27. The molecule has 4 aromatic rings. The summed E-state index contributed by atoms with van der Waals surface area (Å²) in [5, 5.41) is 1.69. The summed E-state index contributed by atoms with van der Waals surface area (Å²) in [5.74, 6) is -0.839. The van der Waals surface area contributed by atoms with Gasteiger partial charge in [-0.2, -0.15) is 0 Å². The number of sulfonamides is 2. The summed E-state index contributed by atoms with van der Waals surface area (Å²) >= 11 is 17.9. The van der Waals surface area contributed by atoms with Crippen LogP contribution in [0.2, 0.25) is 15.1 Å². The zero-order chi connectivity index (χ0) is 30.7. The average molecular weight is 673 g/mol. The second-order valence-electron chi connectivity index (χ2n) is 9.57. The van der Waals surface area contributed by atoms with Gasteiger partial charge in [-0.1, -0.05) is 53.0 Å². The Bertz CT molecular complexity index is 1830. The van der Waals surface area contributed by atoms with Gasteiger partial charge in [0.05, 0.1) is 27.3 Å². The highest BCUT2D eigenvalue weighted by Crippen LogP contribution is 2.28. The van der Waals surface area contributed by atoms with Crippen molar-refractivity contribution >= 4 is 71.7 Å². The number of hydrogen-bond donors (Lipinski definition) is 3. The van der Waals surface area contributed by atoms with Crippen molar-refractivity contribution in [1.29, 1.82) is 0 Å². The lowest BCUT2D eigenvalue weighted by Gasteiger charge is -2.11. The van der Waals surface area contributed by atoms with Gasteiger partial charge in [-0.3, -0.25) is 4.79 Å². The van der Waals surface area contributed by atoms with Crippen LogP contribution in [0.25, 0.3) is 10.9 Å². The van der Waals surface area contributed by atoms with Crippen LogP contribution in [0.1, 0.15) is 33.6 Å². The fourth-order valence-corrected chi connectivity index (χ4v) is 6.88. The topological polar surface area (TPSA) is 134 Å². The molecule has 0 aliphatic carbocycles. The number of carbonyl (C=O) groups is 1. The van der Waals surface area contributed by atoms with Crippen LogP contribution in [0.5, 0.6) is 5.75 Å². The monoisotopic (exact) mass is 671 g/mol. The lowest BCUT2D eigenvalue weighted by Crippen LogP contribution is -2.37. The van der Waals surface area contributed by atoms with Gasteiger partial charge in [0.1, 0.15) is 11.4 Å². The predicted molar refractivity (Wildman–Crippen MR) is 166 cm³/mol. The highest BCUT2D eigenvalue weighted by atomic mass is 35.5. The molecule has 3 N–H and O–H groups in total. The van der Waals surface area contributed by atoms with E-state index in [0.717, 1.165) is 22.6 Å². The van der Waals surface area contributed by atoms with Crippen molar-refractivity contribution in [2.24, 2.45) is 0 Å².